The van der Waals surface area contributed by atoms with E-state index in [0.29, 0.717) is 6.54 Å². The van der Waals surface area contributed by atoms with Gasteiger partial charge in [-0.05, 0) is 64.9 Å². The Morgan fingerprint density at radius 1 is 1.03 bits per heavy atom. The van der Waals surface area contributed by atoms with Crippen LogP contribution in [0.4, 0.5) is 5.82 Å². The molecule has 35 heavy (non-hydrogen) atoms. The molecule has 6 nitrogen and oxygen atoms in total. The van der Waals surface area contributed by atoms with Crippen molar-refractivity contribution in [2.45, 2.75) is 39.5 Å². The summed E-state index contributed by atoms with van der Waals surface area (Å²) in [6.45, 7) is 4.94. The molecular formula is C29H31N3O3. The molecule has 0 saturated carbocycles. The van der Waals surface area contributed by atoms with Gasteiger partial charge in [0.15, 0.2) is 0 Å². The summed E-state index contributed by atoms with van der Waals surface area (Å²) in [6.07, 6.45) is 4.17. The third-order valence-corrected chi connectivity index (χ3v) is 6.33. The summed E-state index contributed by atoms with van der Waals surface area (Å²) in [5.41, 5.74) is 6.09. The van der Waals surface area contributed by atoms with E-state index in [1.54, 1.807) is 13.4 Å². The number of rotatable bonds is 10. The van der Waals surface area contributed by atoms with Gasteiger partial charge in [0.05, 0.1) is 19.2 Å². The normalized spacial score (nSPS) is 10.9. The zero-order chi connectivity index (χ0) is 24.8. The first-order valence-electron chi connectivity index (χ1n) is 11.9. The fourth-order valence-corrected chi connectivity index (χ4v) is 4.58. The summed E-state index contributed by atoms with van der Waals surface area (Å²) in [5.74, 6) is 0.831. The molecular weight excluding hydrogens is 438 g/mol. The third-order valence-electron chi connectivity index (χ3n) is 6.33. The number of carbonyl (C=O) groups is 1. The van der Waals surface area contributed by atoms with Crippen LogP contribution in [0.1, 0.15) is 35.6 Å². The molecule has 0 radical (unpaired) electrons. The summed E-state index contributed by atoms with van der Waals surface area (Å²) in [7, 11) is 1.71. The van der Waals surface area contributed by atoms with Crippen molar-refractivity contribution in [1.29, 1.82) is 0 Å². The molecule has 0 saturated heterocycles. The van der Waals surface area contributed by atoms with E-state index in [-0.39, 0.29) is 6.42 Å². The van der Waals surface area contributed by atoms with E-state index in [1.807, 2.05) is 24.3 Å². The summed E-state index contributed by atoms with van der Waals surface area (Å²) in [4.78, 5) is 20.1. The van der Waals surface area contributed by atoms with E-state index in [1.165, 1.54) is 21.9 Å². The summed E-state index contributed by atoms with van der Waals surface area (Å²) in [6, 6.07) is 18.3. The highest BCUT2D eigenvalue weighted by Crippen LogP contribution is 2.31. The first-order valence-corrected chi connectivity index (χ1v) is 11.9. The number of fused-ring (bicyclic) bond motifs is 1. The Hall–Kier alpha value is -3.93. The van der Waals surface area contributed by atoms with Gasteiger partial charge in [0.2, 0.25) is 0 Å². The van der Waals surface area contributed by atoms with Crippen LogP contribution in [0.25, 0.3) is 22.0 Å². The molecule has 0 atom stereocenters. The van der Waals surface area contributed by atoms with Gasteiger partial charge < -0.3 is 15.2 Å². The highest BCUT2D eigenvalue weighted by Gasteiger charge is 2.12. The number of aromatic nitrogens is 2. The minimum atomic E-state index is -0.818. The van der Waals surface area contributed by atoms with Gasteiger partial charge in [-0.3, -0.25) is 4.79 Å². The summed E-state index contributed by atoms with van der Waals surface area (Å²) in [5, 5.41) is 15.0. The molecule has 0 spiro atoms. The number of aliphatic carboxylic acids is 1. The monoisotopic (exact) mass is 469 g/mol. The van der Waals surface area contributed by atoms with Gasteiger partial charge in [-0.2, -0.15) is 0 Å². The molecule has 1 aromatic heterocycles. The minimum absolute atomic E-state index is 0.0316. The fourth-order valence-electron chi connectivity index (χ4n) is 4.58. The highest BCUT2D eigenvalue weighted by atomic mass is 16.5. The smallest absolute Gasteiger partial charge is 0.307 e. The van der Waals surface area contributed by atoms with Crippen LogP contribution in [-0.2, 0) is 24.1 Å². The lowest BCUT2D eigenvalue weighted by atomic mass is 9.96. The molecule has 0 aliphatic rings. The predicted molar refractivity (Wildman–Crippen MR) is 140 cm³/mol. The second-order valence-electron chi connectivity index (χ2n) is 8.67. The largest absolute Gasteiger partial charge is 0.496 e. The van der Waals surface area contributed by atoms with Crippen LogP contribution in [0, 0.1) is 6.92 Å². The first kappa shape index (κ1) is 24.2. The van der Waals surface area contributed by atoms with Gasteiger partial charge in [-0.15, -0.1) is 0 Å². The Morgan fingerprint density at radius 3 is 2.63 bits per heavy atom. The van der Waals surface area contributed by atoms with Crippen molar-refractivity contribution in [1.82, 2.24) is 9.97 Å². The number of benzene rings is 3. The predicted octanol–water partition coefficient (Wildman–Crippen LogP) is 5.85. The molecule has 3 aromatic carbocycles. The number of nitrogens with zero attached hydrogens (tertiary/aromatic N) is 2. The zero-order valence-electron chi connectivity index (χ0n) is 20.5. The van der Waals surface area contributed by atoms with Crippen LogP contribution in [0.5, 0.6) is 5.75 Å². The summed E-state index contributed by atoms with van der Waals surface area (Å²) >= 11 is 0. The number of hydrogen-bond donors (Lipinski definition) is 2. The quantitative estimate of drug-likeness (QED) is 0.303. The number of aryl methyl sites for hydroxylation is 2. The SMILES string of the molecule is CCCc1cc(-c2cc(NCCc3c(OC)cc4ccccc4c3C)ncn2)ccc1CC(=O)O. The van der Waals surface area contributed by atoms with Gasteiger partial charge in [-0.1, -0.05) is 49.7 Å². The Labute approximate surface area is 206 Å². The maximum Gasteiger partial charge on any atom is 0.307 e. The highest BCUT2D eigenvalue weighted by molar-refractivity contribution is 5.88. The van der Waals surface area contributed by atoms with Crippen LogP contribution in [-0.4, -0.2) is 34.7 Å². The van der Waals surface area contributed by atoms with E-state index in [0.717, 1.165) is 53.2 Å². The maximum atomic E-state index is 11.2. The molecule has 4 rings (SSSR count). The molecule has 0 aliphatic heterocycles. The Kier molecular flexibility index (Phi) is 7.60. The van der Waals surface area contributed by atoms with Crippen LogP contribution in [0.15, 0.2) is 60.9 Å². The van der Waals surface area contributed by atoms with Crippen molar-refractivity contribution < 1.29 is 14.6 Å². The molecule has 2 N–H and O–H groups in total. The van der Waals surface area contributed by atoms with E-state index >= 15 is 0 Å². The number of hydrogen-bond acceptors (Lipinski definition) is 5. The van der Waals surface area contributed by atoms with Crippen LogP contribution >= 0.6 is 0 Å². The van der Waals surface area contributed by atoms with Crippen molar-refractivity contribution in [2.75, 3.05) is 19.0 Å². The van der Waals surface area contributed by atoms with Crippen LogP contribution in [0.2, 0.25) is 0 Å². The zero-order valence-corrected chi connectivity index (χ0v) is 20.5. The number of methoxy groups -OCH3 is 1. The van der Waals surface area contributed by atoms with Gasteiger partial charge in [0.1, 0.15) is 17.9 Å². The Bertz CT molecular complexity index is 1350. The Balaban J connectivity index is 1.52. The van der Waals surface area contributed by atoms with Crippen molar-refractivity contribution in [3.8, 4) is 17.0 Å². The van der Waals surface area contributed by atoms with Crippen molar-refractivity contribution >= 4 is 22.6 Å². The van der Waals surface area contributed by atoms with E-state index < -0.39 is 5.97 Å². The molecule has 0 aliphatic carbocycles. The van der Waals surface area contributed by atoms with Gasteiger partial charge >= 0.3 is 5.97 Å². The average molecular weight is 470 g/mol. The van der Waals surface area contributed by atoms with Gasteiger partial charge in [0.25, 0.3) is 0 Å². The number of anilines is 1. The van der Waals surface area contributed by atoms with Gasteiger partial charge in [-0.25, -0.2) is 9.97 Å². The number of nitrogens with one attached hydrogen (secondary N) is 1. The lowest BCUT2D eigenvalue weighted by Gasteiger charge is -2.15. The summed E-state index contributed by atoms with van der Waals surface area (Å²) < 4.78 is 5.69. The molecule has 180 valence electrons. The van der Waals surface area contributed by atoms with E-state index in [4.69, 9.17) is 4.74 Å². The molecule has 0 unspecified atom stereocenters. The fraction of sp³-hybridized carbons (Fsp3) is 0.276. The maximum absolute atomic E-state index is 11.2. The first-order chi connectivity index (χ1) is 17.0. The number of ether oxygens (including phenoxy) is 1. The van der Waals surface area contributed by atoms with E-state index in [2.05, 4.69) is 59.5 Å². The van der Waals surface area contributed by atoms with Crippen molar-refractivity contribution in [3.63, 3.8) is 0 Å². The average Bonchev–Trinajstić information content (AvgIpc) is 2.86. The standard InChI is InChI=1S/C29H31N3O3/c1-4-7-20-14-23(11-10-21(20)16-29(33)34)26-17-28(32-18-31-26)30-13-12-25-19(2)24-9-6-5-8-22(24)15-27(25)35-3/h5-6,8-11,14-15,17-18H,4,7,12-13,16H2,1-3H3,(H,33,34)(H,30,31,32). The van der Waals surface area contributed by atoms with Crippen molar-refractivity contribution in [2.24, 2.45) is 0 Å². The van der Waals surface area contributed by atoms with Crippen LogP contribution < -0.4 is 10.1 Å². The number of carboxylic acids is 1. The van der Waals surface area contributed by atoms with E-state index in [9.17, 15) is 9.90 Å². The molecule has 1 heterocycles. The Morgan fingerprint density at radius 2 is 1.86 bits per heavy atom. The minimum Gasteiger partial charge on any atom is -0.496 e. The second kappa shape index (κ2) is 11.0. The molecule has 6 heteroatoms. The van der Waals surface area contributed by atoms with Gasteiger partial charge in [0, 0.05) is 18.2 Å². The lowest BCUT2D eigenvalue weighted by Crippen LogP contribution is -2.09. The molecule has 0 amide bonds. The second-order valence-corrected chi connectivity index (χ2v) is 8.67. The third kappa shape index (κ3) is 5.60. The number of carboxylic acid groups (broad SMARTS) is 1. The van der Waals surface area contributed by atoms with Crippen molar-refractivity contribution in [3.05, 3.63) is 83.2 Å². The van der Waals surface area contributed by atoms with Crippen LogP contribution in [0.3, 0.4) is 0 Å². The lowest BCUT2D eigenvalue weighted by molar-refractivity contribution is -0.136. The topological polar surface area (TPSA) is 84.3 Å². The molecule has 4 aromatic rings. The molecule has 0 bridgehead atoms. The molecule has 0 fully saturated rings.